The predicted molar refractivity (Wildman–Crippen MR) is 104 cm³/mol. The molecule has 6 heteroatoms. The fraction of sp³-hybridized carbons (Fsp3) is 0.550. The summed E-state index contributed by atoms with van der Waals surface area (Å²) in [5.41, 5.74) is 1.42. The lowest BCUT2D eigenvalue weighted by atomic mass is 10.0. The number of rotatable bonds is 2. The van der Waals surface area contributed by atoms with Crippen LogP contribution >= 0.6 is 11.6 Å². The molecule has 2 aliphatic heterocycles. The lowest BCUT2D eigenvalue weighted by Gasteiger charge is -2.43. The molecule has 0 spiro atoms. The summed E-state index contributed by atoms with van der Waals surface area (Å²) in [6, 6.07) is 8.31. The average Bonchev–Trinajstić information content (AvgIpc) is 2.97. The second-order valence-electron chi connectivity index (χ2n) is 7.59. The second kappa shape index (κ2) is 7.22. The monoisotopic (exact) mass is 375 g/mol. The maximum absolute atomic E-state index is 13.0. The summed E-state index contributed by atoms with van der Waals surface area (Å²) in [6.07, 6.45) is 2.57. The number of carbonyl (C=O) groups excluding carboxylic acids is 1. The fourth-order valence-electron chi connectivity index (χ4n) is 4.36. The molecule has 1 aromatic heterocycles. The van der Waals surface area contributed by atoms with Gasteiger partial charge in [0.15, 0.2) is 0 Å². The van der Waals surface area contributed by atoms with Gasteiger partial charge in [0.25, 0.3) is 5.91 Å². The number of aromatic nitrogens is 1. The van der Waals surface area contributed by atoms with Crippen molar-refractivity contribution in [2.75, 3.05) is 26.2 Å². The van der Waals surface area contributed by atoms with Gasteiger partial charge in [0.05, 0.1) is 17.2 Å². The molecule has 2 fully saturated rings. The number of morpholine rings is 1. The Morgan fingerprint density at radius 1 is 1.15 bits per heavy atom. The molecular weight excluding hydrogens is 350 g/mol. The first-order chi connectivity index (χ1) is 12.5. The van der Waals surface area contributed by atoms with Crippen LogP contribution in [0.25, 0.3) is 10.9 Å². The Balaban J connectivity index is 1.42. The van der Waals surface area contributed by atoms with Gasteiger partial charge in [-0.2, -0.15) is 0 Å². The molecule has 1 N–H and O–H groups in total. The number of likely N-dealkylation sites (tertiary alicyclic amines) is 1. The van der Waals surface area contributed by atoms with Gasteiger partial charge in [0.2, 0.25) is 0 Å². The molecule has 0 radical (unpaired) electrons. The van der Waals surface area contributed by atoms with Crippen LogP contribution in [0.5, 0.6) is 0 Å². The number of piperidine rings is 1. The zero-order valence-electron chi connectivity index (χ0n) is 15.4. The van der Waals surface area contributed by atoms with E-state index in [1.807, 2.05) is 29.2 Å². The minimum absolute atomic E-state index is 0.00774. The van der Waals surface area contributed by atoms with E-state index in [0.29, 0.717) is 16.8 Å². The van der Waals surface area contributed by atoms with Gasteiger partial charge in [-0.1, -0.05) is 29.8 Å². The Morgan fingerprint density at radius 3 is 2.46 bits per heavy atom. The van der Waals surface area contributed by atoms with Crippen molar-refractivity contribution in [2.24, 2.45) is 0 Å². The first-order valence-corrected chi connectivity index (χ1v) is 9.85. The van der Waals surface area contributed by atoms with Crippen LogP contribution in [0.3, 0.4) is 0 Å². The maximum Gasteiger partial charge on any atom is 0.271 e. The van der Waals surface area contributed by atoms with E-state index >= 15 is 0 Å². The van der Waals surface area contributed by atoms with Crippen molar-refractivity contribution in [1.29, 1.82) is 0 Å². The number of aromatic amines is 1. The zero-order chi connectivity index (χ0) is 18.3. The minimum atomic E-state index is 0.00774. The normalized spacial score (nSPS) is 25.7. The van der Waals surface area contributed by atoms with E-state index in [1.165, 1.54) is 0 Å². The number of amides is 1. The van der Waals surface area contributed by atoms with Gasteiger partial charge < -0.3 is 14.6 Å². The molecule has 1 aromatic carbocycles. The largest absolute Gasteiger partial charge is 0.373 e. The number of hydrogen-bond acceptors (Lipinski definition) is 3. The minimum Gasteiger partial charge on any atom is -0.373 e. The van der Waals surface area contributed by atoms with Crippen LogP contribution in [0.2, 0.25) is 5.02 Å². The summed E-state index contributed by atoms with van der Waals surface area (Å²) in [6.45, 7) is 7.79. The smallest absolute Gasteiger partial charge is 0.271 e. The van der Waals surface area contributed by atoms with Gasteiger partial charge in [-0.05, 0) is 32.8 Å². The molecule has 3 heterocycles. The maximum atomic E-state index is 13.0. The molecule has 0 unspecified atom stereocenters. The Kier molecular flexibility index (Phi) is 4.95. The van der Waals surface area contributed by atoms with Crippen LogP contribution < -0.4 is 0 Å². The standard InChI is InChI=1S/C20H26ClN3O2/c1-13-11-24(12-14(2)26-13)15-7-9-23(10-8-15)20(25)19-18(21)16-5-3-4-6-17(16)22-19/h3-6,13-15,22H,7-12H2,1-2H3/t13-,14+. The molecule has 0 aliphatic carbocycles. The summed E-state index contributed by atoms with van der Waals surface area (Å²) in [7, 11) is 0. The number of benzene rings is 1. The highest BCUT2D eigenvalue weighted by atomic mass is 35.5. The van der Waals surface area contributed by atoms with Crippen molar-refractivity contribution in [3.8, 4) is 0 Å². The van der Waals surface area contributed by atoms with E-state index < -0.39 is 0 Å². The lowest BCUT2D eigenvalue weighted by molar-refractivity contribution is -0.0856. The first-order valence-electron chi connectivity index (χ1n) is 9.48. The summed E-state index contributed by atoms with van der Waals surface area (Å²) in [5.74, 6) is 0.00774. The molecule has 26 heavy (non-hydrogen) atoms. The van der Waals surface area contributed by atoms with E-state index in [2.05, 4.69) is 23.7 Å². The number of carbonyl (C=O) groups is 1. The van der Waals surface area contributed by atoms with Crippen LogP contribution in [-0.4, -0.2) is 65.1 Å². The highest BCUT2D eigenvalue weighted by Crippen LogP contribution is 2.29. The van der Waals surface area contributed by atoms with Crippen LogP contribution in [-0.2, 0) is 4.74 Å². The molecule has 0 bridgehead atoms. The average molecular weight is 376 g/mol. The third kappa shape index (κ3) is 3.36. The number of nitrogens with zero attached hydrogens (tertiary/aromatic N) is 2. The van der Waals surface area contributed by atoms with Crippen molar-refractivity contribution in [1.82, 2.24) is 14.8 Å². The molecular formula is C20H26ClN3O2. The Morgan fingerprint density at radius 2 is 1.81 bits per heavy atom. The predicted octanol–water partition coefficient (Wildman–Crippen LogP) is 3.54. The zero-order valence-corrected chi connectivity index (χ0v) is 16.1. The van der Waals surface area contributed by atoms with Gasteiger partial charge in [-0.25, -0.2) is 0 Å². The number of nitrogens with one attached hydrogen (secondary N) is 1. The van der Waals surface area contributed by atoms with E-state index in [4.69, 9.17) is 16.3 Å². The Hall–Kier alpha value is -1.56. The first kappa shape index (κ1) is 17.8. The third-order valence-electron chi connectivity index (χ3n) is 5.57. The van der Waals surface area contributed by atoms with E-state index in [9.17, 15) is 4.79 Å². The van der Waals surface area contributed by atoms with Crippen LogP contribution in [0.4, 0.5) is 0 Å². The van der Waals surface area contributed by atoms with Crippen molar-refractivity contribution >= 4 is 28.4 Å². The molecule has 2 aliphatic rings. The van der Waals surface area contributed by atoms with Crippen molar-refractivity contribution in [3.63, 3.8) is 0 Å². The van der Waals surface area contributed by atoms with Crippen molar-refractivity contribution in [2.45, 2.75) is 44.9 Å². The van der Waals surface area contributed by atoms with Gasteiger partial charge >= 0.3 is 0 Å². The Labute approximate surface area is 159 Å². The molecule has 140 valence electrons. The van der Waals surface area contributed by atoms with E-state index in [-0.39, 0.29) is 18.1 Å². The van der Waals surface area contributed by atoms with Crippen molar-refractivity contribution < 1.29 is 9.53 Å². The SMILES string of the molecule is C[C@@H]1CN(C2CCN(C(=O)c3[nH]c4ccccc4c3Cl)CC2)C[C@H](C)O1. The molecule has 2 atom stereocenters. The molecule has 0 saturated carbocycles. The van der Waals surface area contributed by atoms with Crippen LogP contribution in [0.1, 0.15) is 37.2 Å². The summed E-state index contributed by atoms with van der Waals surface area (Å²) >= 11 is 6.45. The molecule has 2 saturated heterocycles. The Bertz CT molecular complexity index is 787. The fourth-order valence-corrected chi connectivity index (χ4v) is 4.66. The highest BCUT2D eigenvalue weighted by Gasteiger charge is 2.32. The molecule has 1 amide bonds. The van der Waals surface area contributed by atoms with Gasteiger partial charge in [-0.3, -0.25) is 9.69 Å². The number of fused-ring (bicyclic) bond motifs is 1. The molecule has 5 nitrogen and oxygen atoms in total. The third-order valence-corrected chi connectivity index (χ3v) is 5.97. The second-order valence-corrected chi connectivity index (χ2v) is 7.97. The quantitative estimate of drug-likeness (QED) is 0.873. The number of ether oxygens (including phenoxy) is 1. The van der Waals surface area contributed by atoms with Crippen LogP contribution in [0, 0.1) is 0 Å². The number of halogens is 1. The highest BCUT2D eigenvalue weighted by molar-refractivity contribution is 6.38. The van der Waals surface area contributed by atoms with E-state index in [1.54, 1.807) is 0 Å². The summed E-state index contributed by atoms with van der Waals surface area (Å²) in [5, 5.41) is 1.44. The number of H-pyrrole nitrogens is 1. The van der Waals surface area contributed by atoms with Crippen molar-refractivity contribution in [3.05, 3.63) is 35.0 Å². The van der Waals surface area contributed by atoms with Crippen LogP contribution in [0.15, 0.2) is 24.3 Å². The molecule has 4 rings (SSSR count). The lowest BCUT2D eigenvalue weighted by Crippen LogP contribution is -2.53. The number of hydrogen-bond donors (Lipinski definition) is 1. The van der Waals surface area contributed by atoms with Gasteiger partial charge in [-0.15, -0.1) is 0 Å². The van der Waals surface area contributed by atoms with Gasteiger partial charge in [0, 0.05) is 43.1 Å². The van der Waals surface area contributed by atoms with E-state index in [0.717, 1.165) is 49.9 Å². The number of para-hydroxylation sites is 1. The van der Waals surface area contributed by atoms with Gasteiger partial charge in [0.1, 0.15) is 5.69 Å². The molecule has 2 aromatic rings. The summed E-state index contributed by atoms with van der Waals surface area (Å²) < 4.78 is 5.84. The topological polar surface area (TPSA) is 48.6 Å². The summed E-state index contributed by atoms with van der Waals surface area (Å²) in [4.78, 5) is 20.6.